The number of amides is 1. The molecule has 1 saturated heterocycles. The fourth-order valence-corrected chi connectivity index (χ4v) is 4.86. The molecule has 1 aliphatic rings. The molecular formula is C30H27FN2O4. The Labute approximate surface area is 214 Å². The fourth-order valence-electron chi connectivity index (χ4n) is 4.86. The molecule has 4 aromatic rings. The zero-order valence-electron chi connectivity index (χ0n) is 20.8. The number of halogens is 1. The maximum atomic E-state index is 13.5. The van der Waals surface area contributed by atoms with E-state index in [1.807, 2.05) is 55.9 Å². The van der Waals surface area contributed by atoms with Gasteiger partial charge >= 0.3 is 0 Å². The summed E-state index contributed by atoms with van der Waals surface area (Å²) in [5.41, 5.74) is 2.74. The number of para-hydroxylation sites is 1. The molecule has 1 atom stereocenters. The molecule has 2 heterocycles. The lowest BCUT2D eigenvalue weighted by atomic mass is 9.94. The minimum Gasteiger partial charge on any atom is -0.507 e. The van der Waals surface area contributed by atoms with Crippen molar-refractivity contribution in [2.75, 3.05) is 0 Å². The molecule has 6 nitrogen and oxygen atoms in total. The standard InChI is InChI=1S/C30H27FN2O4/c1-18(2)37-22-14-10-20(11-15-22)28(34)26-27(24-17-32(3)25-7-5-4-6-23(24)25)33(30(36)29(26)35)16-19-8-12-21(31)13-9-19/h4-15,17-18,27,34H,16H2,1-3H3/b28-26+. The molecule has 0 aliphatic carbocycles. The molecule has 7 heteroatoms. The number of Topliss-reactive ketones (excluding diaryl/α,β-unsaturated/α-hetero) is 1. The van der Waals surface area contributed by atoms with Crippen molar-refractivity contribution >= 4 is 28.4 Å². The highest BCUT2D eigenvalue weighted by atomic mass is 19.1. The number of ether oxygens (including phenoxy) is 1. The Morgan fingerprint density at radius 1 is 1.00 bits per heavy atom. The zero-order chi connectivity index (χ0) is 26.3. The van der Waals surface area contributed by atoms with Gasteiger partial charge in [-0.05, 0) is 61.9 Å². The number of carbonyl (C=O) groups excluding carboxylic acids is 2. The molecule has 188 valence electrons. The van der Waals surface area contributed by atoms with E-state index < -0.39 is 17.7 Å². The van der Waals surface area contributed by atoms with Crippen molar-refractivity contribution in [3.8, 4) is 5.75 Å². The van der Waals surface area contributed by atoms with Crippen molar-refractivity contribution in [2.24, 2.45) is 7.05 Å². The summed E-state index contributed by atoms with van der Waals surface area (Å²) in [6.07, 6.45) is 1.87. The first-order chi connectivity index (χ1) is 17.7. The van der Waals surface area contributed by atoms with Gasteiger partial charge in [-0.1, -0.05) is 30.3 Å². The third kappa shape index (κ3) is 4.48. The summed E-state index contributed by atoms with van der Waals surface area (Å²) in [6.45, 7) is 3.91. The maximum absolute atomic E-state index is 13.5. The van der Waals surface area contributed by atoms with Crippen molar-refractivity contribution in [2.45, 2.75) is 32.5 Å². The molecule has 0 bridgehead atoms. The quantitative estimate of drug-likeness (QED) is 0.210. The largest absolute Gasteiger partial charge is 0.507 e. The summed E-state index contributed by atoms with van der Waals surface area (Å²) in [6, 6.07) is 19.5. The number of nitrogens with zero attached hydrogens (tertiary/aromatic N) is 2. The molecule has 1 aromatic heterocycles. The number of hydrogen-bond acceptors (Lipinski definition) is 4. The van der Waals surface area contributed by atoms with Crippen LogP contribution in [-0.2, 0) is 23.2 Å². The van der Waals surface area contributed by atoms with Crippen molar-refractivity contribution in [1.82, 2.24) is 9.47 Å². The molecule has 0 radical (unpaired) electrons. The van der Waals surface area contributed by atoms with Gasteiger partial charge in [-0.25, -0.2) is 4.39 Å². The second-order valence-corrected chi connectivity index (χ2v) is 9.46. The summed E-state index contributed by atoms with van der Waals surface area (Å²) >= 11 is 0. The lowest BCUT2D eigenvalue weighted by Gasteiger charge is -2.25. The molecule has 37 heavy (non-hydrogen) atoms. The second-order valence-electron chi connectivity index (χ2n) is 9.46. The Morgan fingerprint density at radius 2 is 1.68 bits per heavy atom. The van der Waals surface area contributed by atoms with E-state index in [0.717, 1.165) is 16.5 Å². The molecule has 1 amide bonds. The fraction of sp³-hybridized carbons (Fsp3) is 0.200. The van der Waals surface area contributed by atoms with Gasteiger partial charge in [-0.3, -0.25) is 9.59 Å². The summed E-state index contributed by atoms with van der Waals surface area (Å²) in [4.78, 5) is 28.2. The Hall–Kier alpha value is -4.39. The monoisotopic (exact) mass is 498 g/mol. The maximum Gasteiger partial charge on any atom is 0.295 e. The number of aliphatic hydroxyl groups excluding tert-OH is 1. The van der Waals surface area contributed by atoms with E-state index in [1.165, 1.54) is 17.0 Å². The van der Waals surface area contributed by atoms with E-state index >= 15 is 0 Å². The Kier molecular flexibility index (Phi) is 6.29. The minimum atomic E-state index is -0.831. The summed E-state index contributed by atoms with van der Waals surface area (Å²) in [5, 5.41) is 12.3. The third-order valence-electron chi connectivity index (χ3n) is 6.53. The topological polar surface area (TPSA) is 71.8 Å². The molecule has 1 N–H and O–H groups in total. The first-order valence-electron chi connectivity index (χ1n) is 12.1. The number of aromatic nitrogens is 1. The van der Waals surface area contributed by atoms with Crippen LogP contribution in [0.3, 0.4) is 0 Å². The van der Waals surface area contributed by atoms with Crippen LogP contribution in [0.25, 0.3) is 16.7 Å². The van der Waals surface area contributed by atoms with E-state index in [-0.39, 0.29) is 29.8 Å². The van der Waals surface area contributed by atoms with Gasteiger partial charge in [0.15, 0.2) is 0 Å². The van der Waals surface area contributed by atoms with Gasteiger partial charge in [0.2, 0.25) is 0 Å². The lowest BCUT2D eigenvalue weighted by Crippen LogP contribution is -2.29. The molecule has 1 unspecified atom stereocenters. The number of aliphatic hydroxyl groups is 1. The van der Waals surface area contributed by atoms with E-state index in [0.29, 0.717) is 16.9 Å². The van der Waals surface area contributed by atoms with Crippen molar-refractivity contribution in [3.05, 3.63) is 107 Å². The summed E-state index contributed by atoms with van der Waals surface area (Å²) < 4.78 is 21.1. The highest BCUT2D eigenvalue weighted by molar-refractivity contribution is 6.46. The van der Waals surface area contributed by atoms with Gasteiger partial charge in [0, 0.05) is 41.8 Å². The summed E-state index contributed by atoms with van der Waals surface area (Å²) in [7, 11) is 1.89. The highest BCUT2D eigenvalue weighted by Crippen LogP contribution is 2.43. The van der Waals surface area contributed by atoms with Crippen LogP contribution < -0.4 is 4.74 Å². The number of aryl methyl sites for hydroxylation is 1. The molecule has 1 fully saturated rings. The Balaban J connectivity index is 1.66. The summed E-state index contributed by atoms with van der Waals surface area (Å²) in [5.74, 6) is -1.49. The van der Waals surface area contributed by atoms with Crippen molar-refractivity contribution < 1.29 is 23.8 Å². The van der Waals surface area contributed by atoms with Crippen LogP contribution in [0.1, 0.15) is 36.6 Å². The van der Waals surface area contributed by atoms with Gasteiger partial charge < -0.3 is 19.3 Å². The Bertz CT molecular complexity index is 1520. The van der Waals surface area contributed by atoms with E-state index in [2.05, 4.69) is 0 Å². The van der Waals surface area contributed by atoms with E-state index in [4.69, 9.17) is 4.74 Å². The van der Waals surface area contributed by atoms with Crippen LogP contribution in [0.15, 0.2) is 84.6 Å². The molecule has 0 spiro atoms. The first kappa shape index (κ1) is 24.3. The second kappa shape index (κ2) is 9.58. The molecular weight excluding hydrogens is 471 g/mol. The number of carbonyl (C=O) groups is 2. The predicted octanol–water partition coefficient (Wildman–Crippen LogP) is 5.73. The number of rotatable bonds is 6. The first-order valence-corrected chi connectivity index (χ1v) is 12.1. The predicted molar refractivity (Wildman–Crippen MR) is 139 cm³/mol. The van der Waals surface area contributed by atoms with Gasteiger partial charge in [-0.15, -0.1) is 0 Å². The minimum absolute atomic E-state index is 0.0115. The average Bonchev–Trinajstić information content (AvgIpc) is 3.34. The SMILES string of the molecule is CC(C)Oc1ccc(/C(O)=C2\C(=O)C(=O)N(Cc3ccc(F)cc3)C2c2cn(C)c3ccccc23)cc1. The number of ketones is 1. The molecule has 1 aliphatic heterocycles. The zero-order valence-corrected chi connectivity index (χ0v) is 20.8. The third-order valence-corrected chi connectivity index (χ3v) is 6.53. The van der Waals surface area contributed by atoms with E-state index in [1.54, 1.807) is 36.4 Å². The normalized spacial score (nSPS) is 17.2. The van der Waals surface area contributed by atoms with Crippen LogP contribution in [-0.4, -0.2) is 32.4 Å². The lowest BCUT2D eigenvalue weighted by molar-refractivity contribution is -0.140. The molecule has 3 aromatic carbocycles. The number of likely N-dealkylation sites (tertiary alicyclic amines) is 1. The molecule has 5 rings (SSSR count). The van der Waals surface area contributed by atoms with Gasteiger partial charge in [0.05, 0.1) is 17.7 Å². The van der Waals surface area contributed by atoms with Crippen LogP contribution in [0, 0.1) is 5.82 Å². The smallest absolute Gasteiger partial charge is 0.295 e. The van der Waals surface area contributed by atoms with Crippen molar-refractivity contribution in [1.29, 1.82) is 0 Å². The average molecular weight is 499 g/mol. The highest BCUT2D eigenvalue weighted by Gasteiger charge is 2.47. The van der Waals surface area contributed by atoms with Gasteiger partial charge in [-0.2, -0.15) is 0 Å². The van der Waals surface area contributed by atoms with Crippen LogP contribution in [0.2, 0.25) is 0 Å². The number of fused-ring (bicyclic) bond motifs is 1. The Morgan fingerprint density at radius 3 is 2.35 bits per heavy atom. The van der Waals surface area contributed by atoms with E-state index in [9.17, 15) is 19.1 Å². The van der Waals surface area contributed by atoms with Gasteiger partial charge in [0.1, 0.15) is 17.3 Å². The van der Waals surface area contributed by atoms with Crippen LogP contribution in [0.5, 0.6) is 5.75 Å². The van der Waals surface area contributed by atoms with Crippen molar-refractivity contribution in [3.63, 3.8) is 0 Å². The number of benzene rings is 3. The molecule has 0 saturated carbocycles. The number of hydrogen-bond donors (Lipinski definition) is 1. The van der Waals surface area contributed by atoms with Gasteiger partial charge in [0.25, 0.3) is 11.7 Å². The van der Waals surface area contributed by atoms with Crippen LogP contribution >= 0.6 is 0 Å². The van der Waals surface area contributed by atoms with Crippen LogP contribution in [0.4, 0.5) is 4.39 Å².